The van der Waals surface area contributed by atoms with Crippen molar-refractivity contribution < 1.29 is 0 Å². The van der Waals surface area contributed by atoms with Gasteiger partial charge in [0.15, 0.2) is 5.65 Å². The molecule has 0 aliphatic heterocycles. The Morgan fingerprint density at radius 1 is 1.44 bits per heavy atom. The lowest BCUT2D eigenvalue weighted by atomic mass is 9.74. The lowest BCUT2D eigenvalue weighted by Crippen LogP contribution is -2.41. The van der Waals surface area contributed by atoms with Gasteiger partial charge in [-0.05, 0) is 44.2 Å². The first kappa shape index (κ1) is 12.0. The van der Waals surface area contributed by atoms with E-state index in [0.29, 0.717) is 5.88 Å². The van der Waals surface area contributed by atoms with Gasteiger partial charge in [-0.3, -0.25) is 0 Å². The smallest absolute Gasteiger partial charge is 0.160 e. The first-order valence-electron chi connectivity index (χ1n) is 6.60. The van der Waals surface area contributed by atoms with Crippen molar-refractivity contribution in [1.82, 2.24) is 14.5 Å². The van der Waals surface area contributed by atoms with Gasteiger partial charge in [0.2, 0.25) is 0 Å². The van der Waals surface area contributed by atoms with Crippen LogP contribution in [-0.2, 0) is 11.4 Å². The van der Waals surface area contributed by atoms with Crippen LogP contribution in [0.5, 0.6) is 0 Å². The Morgan fingerprint density at radius 2 is 2.22 bits per heavy atom. The Morgan fingerprint density at radius 3 is 2.78 bits per heavy atom. The van der Waals surface area contributed by atoms with Gasteiger partial charge in [-0.25, -0.2) is 9.97 Å². The second kappa shape index (κ2) is 4.23. The molecule has 0 amide bonds. The fraction of sp³-hybridized carbons (Fsp3) is 0.571. The molecule has 0 N–H and O–H groups in total. The van der Waals surface area contributed by atoms with Crippen molar-refractivity contribution in [2.45, 2.75) is 50.9 Å². The first-order chi connectivity index (χ1) is 8.70. The van der Waals surface area contributed by atoms with Gasteiger partial charge < -0.3 is 4.57 Å². The molecule has 96 valence electrons. The average molecular weight is 264 g/mol. The van der Waals surface area contributed by atoms with Crippen molar-refractivity contribution in [3.05, 3.63) is 23.7 Å². The predicted octanol–water partition coefficient (Wildman–Crippen LogP) is 3.77. The van der Waals surface area contributed by atoms with Gasteiger partial charge in [0, 0.05) is 11.7 Å². The number of nitrogens with zero attached hydrogens (tertiary/aromatic N) is 3. The van der Waals surface area contributed by atoms with E-state index >= 15 is 0 Å². The Hall–Kier alpha value is -1.09. The summed E-state index contributed by atoms with van der Waals surface area (Å²) in [5, 5.41) is 0. The van der Waals surface area contributed by atoms with Gasteiger partial charge in [0.25, 0.3) is 0 Å². The number of imidazole rings is 1. The SMILES string of the molecule is CCC1(n2c(CCl)nc3cc(C)cnc32)CCC1. The van der Waals surface area contributed by atoms with E-state index in [1.807, 2.05) is 13.1 Å². The summed E-state index contributed by atoms with van der Waals surface area (Å²) in [6, 6.07) is 2.09. The third kappa shape index (κ3) is 1.57. The first-order valence-corrected chi connectivity index (χ1v) is 7.14. The zero-order valence-electron chi connectivity index (χ0n) is 10.9. The second-order valence-corrected chi connectivity index (χ2v) is 5.55. The molecule has 0 saturated heterocycles. The molecule has 0 unspecified atom stereocenters. The molecule has 2 heterocycles. The highest BCUT2D eigenvalue weighted by molar-refractivity contribution is 6.16. The summed E-state index contributed by atoms with van der Waals surface area (Å²) < 4.78 is 2.30. The van der Waals surface area contributed by atoms with E-state index in [4.69, 9.17) is 11.6 Å². The van der Waals surface area contributed by atoms with E-state index < -0.39 is 0 Å². The van der Waals surface area contributed by atoms with E-state index in [9.17, 15) is 0 Å². The van der Waals surface area contributed by atoms with Crippen LogP contribution in [0.2, 0.25) is 0 Å². The maximum Gasteiger partial charge on any atom is 0.160 e. The molecule has 0 aromatic carbocycles. The van der Waals surface area contributed by atoms with Crippen molar-refractivity contribution in [2.24, 2.45) is 0 Å². The predicted molar refractivity (Wildman–Crippen MR) is 73.9 cm³/mol. The maximum absolute atomic E-state index is 6.08. The number of hydrogen-bond donors (Lipinski definition) is 0. The summed E-state index contributed by atoms with van der Waals surface area (Å²) >= 11 is 6.08. The lowest BCUT2D eigenvalue weighted by molar-refractivity contribution is 0.137. The molecule has 3 nitrogen and oxygen atoms in total. The monoisotopic (exact) mass is 263 g/mol. The van der Waals surface area contributed by atoms with Crippen LogP contribution in [0.25, 0.3) is 11.2 Å². The van der Waals surface area contributed by atoms with Gasteiger partial charge in [-0.15, -0.1) is 11.6 Å². The minimum Gasteiger partial charge on any atom is -0.305 e. The van der Waals surface area contributed by atoms with Crippen LogP contribution in [-0.4, -0.2) is 14.5 Å². The van der Waals surface area contributed by atoms with Crippen molar-refractivity contribution in [3.8, 4) is 0 Å². The number of rotatable bonds is 3. The van der Waals surface area contributed by atoms with Crippen molar-refractivity contribution >= 4 is 22.8 Å². The fourth-order valence-corrected chi connectivity index (χ4v) is 3.20. The molecule has 2 aromatic rings. The lowest BCUT2D eigenvalue weighted by Gasteiger charge is -2.43. The van der Waals surface area contributed by atoms with Crippen molar-refractivity contribution in [3.63, 3.8) is 0 Å². The van der Waals surface area contributed by atoms with Crippen LogP contribution in [0.1, 0.15) is 44.0 Å². The van der Waals surface area contributed by atoms with Crippen LogP contribution in [0.3, 0.4) is 0 Å². The highest BCUT2D eigenvalue weighted by Gasteiger charge is 2.39. The third-order valence-corrected chi connectivity index (χ3v) is 4.48. The highest BCUT2D eigenvalue weighted by atomic mass is 35.5. The van der Waals surface area contributed by atoms with E-state index in [1.54, 1.807) is 0 Å². The summed E-state index contributed by atoms with van der Waals surface area (Å²) in [6.45, 7) is 4.29. The Kier molecular flexibility index (Phi) is 2.81. The number of aryl methyl sites for hydroxylation is 1. The molecule has 2 aromatic heterocycles. The Balaban J connectivity index is 2.25. The summed E-state index contributed by atoms with van der Waals surface area (Å²) in [4.78, 5) is 9.24. The second-order valence-electron chi connectivity index (χ2n) is 5.28. The zero-order valence-corrected chi connectivity index (χ0v) is 11.7. The molecule has 0 bridgehead atoms. The minimum absolute atomic E-state index is 0.210. The average Bonchev–Trinajstić information content (AvgIpc) is 2.67. The van der Waals surface area contributed by atoms with Gasteiger partial charge in [-0.1, -0.05) is 6.92 Å². The van der Waals surface area contributed by atoms with E-state index in [1.165, 1.54) is 19.3 Å². The molecule has 0 atom stereocenters. The van der Waals surface area contributed by atoms with Gasteiger partial charge in [-0.2, -0.15) is 0 Å². The number of halogens is 1. The Labute approximate surface area is 112 Å². The van der Waals surface area contributed by atoms with Crippen LogP contribution >= 0.6 is 11.6 Å². The van der Waals surface area contributed by atoms with Crippen LogP contribution < -0.4 is 0 Å². The molecule has 1 aliphatic rings. The largest absolute Gasteiger partial charge is 0.305 e. The Bertz CT molecular complexity index is 578. The van der Waals surface area contributed by atoms with E-state index in [0.717, 1.165) is 29.0 Å². The van der Waals surface area contributed by atoms with E-state index in [2.05, 4.69) is 27.5 Å². The number of aromatic nitrogens is 3. The number of alkyl halides is 1. The van der Waals surface area contributed by atoms with E-state index in [-0.39, 0.29) is 5.54 Å². The summed E-state index contributed by atoms with van der Waals surface area (Å²) in [5.41, 5.74) is 3.33. The molecule has 1 fully saturated rings. The quantitative estimate of drug-likeness (QED) is 0.790. The van der Waals surface area contributed by atoms with Gasteiger partial charge in [0.05, 0.1) is 5.88 Å². The molecular formula is C14H18ClN3. The maximum atomic E-state index is 6.08. The van der Waals surface area contributed by atoms with Crippen LogP contribution in [0.15, 0.2) is 12.3 Å². The number of hydrogen-bond acceptors (Lipinski definition) is 2. The summed E-state index contributed by atoms with van der Waals surface area (Å²) in [5.74, 6) is 1.42. The molecule has 0 spiro atoms. The normalized spacial score (nSPS) is 17.9. The topological polar surface area (TPSA) is 30.7 Å². The highest BCUT2D eigenvalue weighted by Crippen LogP contribution is 2.44. The van der Waals surface area contributed by atoms with Crippen LogP contribution in [0, 0.1) is 6.92 Å². The van der Waals surface area contributed by atoms with Crippen molar-refractivity contribution in [2.75, 3.05) is 0 Å². The third-order valence-electron chi connectivity index (χ3n) is 4.24. The zero-order chi connectivity index (χ0) is 12.8. The summed E-state index contributed by atoms with van der Waals surface area (Å²) in [6.07, 6.45) is 6.77. The fourth-order valence-electron chi connectivity index (χ4n) is 3.02. The molecule has 18 heavy (non-hydrogen) atoms. The summed E-state index contributed by atoms with van der Waals surface area (Å²) in [7, 11) is 0. The minimum atomic E-state index is 0.210. The number of pyridine rings is 1. The van der Waals surface area contributed by atoms with Crippen molar-refractivity contribution in [1.29, 1.82) is 0 Å². The number of fused-ring (bicyclic) bond motifs is 1. The van der Waals surface area contributed by atoms with Gasteiger partial charge >= 0.3 is 0 Å². The standard InChI is InChI=1S/C14H18ClN3/c1-3-14(5-4-6-14)18-12(8-15)17-11-7-10(2)9-16-13(11)18/h7,9H,3-6,8H2,1-2H3. The molecular weight excluding hydrogens is 246 g/mol. The molecule has 1 saturated carbocycles. The molecule has 3 rings (SSSR count). The molecule has 4 heteroatoms. The molecule has 1 aliphatic carbocycles. The van der Waals surface area contributed by atoms with Crippen LogP contribution in [0.4, 0.5) is 0 Å². The van der Waals surface area contributed by atoms with Gasteiger partial charge in [0.1, 0.15) is 11.3 Å². The molecule has 0 radical (unpaired) electrons.